The number of phenolic OH excluding ortho intramolecular Hbond substituents is 1. The minimum atomic E-state index is -0.471. The Labute approximate surface area is 94.9 Å². The summed E-state index contributed by atoms with van der Waals surface area (Å²) < 4.78 is 0. The molecule has 0 radical (unpaired) electrons. The first-order valence-corrected chi connectivity index (χ1v) is 5.28. The number of phenols is 1. The molecule has 2 rings (SSSR count). The van der Waals surface area contributed by atoms with Gasteiger partial charge in [-0.2, -0.15) is 0 Å². The molecule has 0 saturated heterocycles. The Hall–Kier alpha value is -2.08. The molecule has 1 aromatic carbocycles. The molecule has 82 valence electrons. The summed E-state index contributed by atoms with van der Waals surface area (Å²) in [4.78, 5) is 10.7. The largest absolute Gasteiger partial charge is 0.507 e. The van der Waals surface area contributed by atoms with E-state index in [2.05, 4.69) is 0 Å². The molecule has 5 nitrogen and oxygen atoms in total. The average molecular weight is 236 g/mol. The summed E-state index contributed by atoms with van der Waals surface area (Å²) in [7, 11) is 0. The van der Waals surface area contributed by atoms with Gasteiger partial charge in [-0.15, -0.1) is 11.3 Å². The zero-order valence-electron chi connectivity index (χ0n) is 8.08. The Morgan fingerprint density at radius 3 is 2.75 bits per heavy atom. The van der Waals surface area contributed by atoms with Crippen LogP contribution in [0.5, 0.6) is 5.75 Å². The quantitative estimate of drug-likeness (QED) is 0.476. The van der Waals surface area contributed by atoms with Crippen LogP contribution in [0.2, 0.25) is 0 Å². The standard InChI is InChI=1S/C10H8N2O3S/c11-6-1-2-7(9(13)5-6)10-8(12(14)15)3-4-16-10/h1-5,13H,11H2. The third-order valence-corrected chi connectivity index (χ3v) is 3.04. The molecule has 0 bridgehead atoms. The van der Waals surface area contributed by atoms with Crippen molar-refractivity contribution in [1.29, 1.82) is 0 Å². The smallest absolute Gasteiger partial charge is 0.288 e. The van der Waals surface area contributed by atoms with E-state index in [1.165, 1.54) is 23.5 Å². The van der Waals surface area contributed by atoms with Crippen LogP contribution in [0.4, 0.5) is 11.4 Å². The van der Waals surface area contributed by atoms with E-state index in [9.17, 15) is 15.2 Å². The van der Waals surface area contributed by atoms with E-state index in [0.29, 0.717) is 16.1 Å². The first-order chi connectivity index (χ1) is 7.59. The van der Waals surface area contributed by atoms with Crippen molar-refractivity contribution in [3.8, 4) is 16.2 Å². The predicted octanol–water partition coefficient (Wildman–Crippen LogP) is 2.61. The number of nitrogens with two attached hydrogens (primary N) is 1. The molecule has 0 amide bonds. The van der Waals surface area contributed by atoms with Crippen LogP contribution in [0.1, 0.15) is 0 Å². The highest BCUT2D eigenvalue weighted by molar-refractivity contribution is 7.14. The van der Waals surface area contributed by atoms with E-state index in [1.54, 1.807) is 17.5 Å². The van der Waals surface area contributed by atoms with E-state index in [-0.39, 0.29) is 11.4 Å². The summed E-state index contributed by atoms with van der Waals surface area (Å²) >= 11 is 1.21. The topological polar surface area (TPSA) is 89.4 Å². The Kier molecular flexibility index (Phi) is 2.49. The van der Waals surface area contributed by atoms with Crippen LogP contribution in [0, 0.1) is 10.1 Å². The lowest BCUT2D eigenvalue weighted by molar-refractivity contribution is -0.383. The first kappa shape index (κ1) is 10.4. The fourth-order valence-electron chi connectivity index (χ4n) is 1.39. The number of aromatic hydroxyl groups is 1. The molecule has 0 fully saturated rings. The van der Waals surface area contributed by atoms with Crippen LogP contribution < -0.4 is 5.73 Å². The Morgan fingerprint density at radius 2 is 2.12 bits per heavy atom. The Bertz CT molecular complexity index is 551. The second-order valence-electron chi connectivity index (χ2n) is 3.17. The number of hydrogen-bond donors (Lipinski definition) is 2. The van der Waals surface area contributed by atoms with Gasteiger partial charge in [0.2, 0.25) is 0 Å². The highest BCUT2D eigenvalue weighted by Crippen LogP contribution is 2.40. The van der Waals surface area contributed by atoms with Gasteiger partial charge in [-0.3, -0.25) is 10.1 Å². The van der Waals surface area contributed by atoms with Crippen LogP contribution in [-0.4, -0.2) is 10.0 Å². The molecule has 0 saturated carbocycles. The lowest BCUT2D eigenvalue weighted by atomic mass is 10.1. The zero-order chi connectivity index (χ0) is 11.7. The molecule has 3 N–H and O–H groups in total. The van der Waals surface area contributed by atoms with Gasteiger partial charge in [-0.1, -0.05) is 0 Å². The molecular weight excluding hydrogens is 228 g/mol. The van der Waals surface area contributed by atoms with Gasteiger partial charge >= 0.3 is 0 Å². The normalized spacial score (nSPS) is 10.2. The van der Waals surface area contributed by atoms with E-state index >= 15 is 0 Å². The zero-order valence-corrected chi connectivity index (χ0v) is 8.90. The maximum Gasteiger partial charge on any atom is 0.288 e. The molecule has 0 atom stereocenters. The molecule has 6 heteroatoms. The summed E-state index contributed by atoms with van der Waals surface area (Å²) in [5.41, 5.74) is 6.32. The molecule has 0 aliphatic heterocycles. The van der Waals surface area contributed by atoms with E-state index in [1.807, 2.05) is 0 Å². The lowest BCUT2D eigenvalue weighted by Gasteiger charge is -2.02. The van der Waals surface area contributed by atoms with Gasteiger partial charge in [0.15, 0.2) is 0 Å². The monoisotopic (exact) mass is 236 g/mol. The predicted molar refractivity (Wildman–Crippen MR) is 62.5 cm³/mol. The van der Waals surface area contributed by atoms with Crippen LogP contribution in [0.25, 0.3) is 10.4 Å². The van der Waals surface area contributed by atoms with Crippen molar-refractivity contribution in [2.24, 2.45) is 0 Å². The number of nitrogen functional groups attached to an aromatic ring is 1. The maximum absolute atomic E-state index is 10.7. The minimum Gasteiger partial charge on any atom is -0.507 e. The number of nitro groups is 1. The summed E-state index contributed by atoms with van der Waals surface area (Å²) in [5.74, 6) is -0.0504. The van der Waals surface area contributed by atoms with Gasteiger partial charge in [0.25, 0.3) is 5.69 Å². The van der Waals surface area contributed by atoms with Gasteiger partial charge in [0, 0.05) is 23.4 Å². The van der Waals surface area contributed by atoms with Crippen LogP contribution >= 0.6 is 11.3 Å². The molecular formula is C10H8N2O3S. The number of rotatable bonds is 2. The van der Waals surface area contributed by atoms with Crippen molar-refractivity contribution in [3.05, 3.63) is 39.8 Å². The van der Waals surface area contributed by atoms with Crippen molar-refractivity contribution < 1.29 is 10.0 Å². The van der Waals surface area contributed by atoms with Crippen LogP contribution in [0.3, 0.4) is 0 Å². The molecule has 0 aliphatic carbocycles. The number of anilines is 1. The Balaban J connectivity index is 2.59. The summed E-state index contributed by atoms with van der Waals surface area (Å²) in [6.07, 6.45) is 0. The maximum atomic E-state index is 10.7. The SMILES string of the molecule is Nc1ccc(-c2sccc2[N+](=O)[O-])c(O)c1. The molecule has 0 aliphatic rings. The van der Waals surface area contributed by atoms with E-state index in [0.717, 1.165) is 0 Å². The van der Waals surface area contributed by atoms with Gasteiger partial charge < -0.3 is 10.8 Å². The third-order valence-electron chi connectivity index (χ3n) is 2.11. The number of thiophene rings is 1. The van der Waals surface area contributed by atoms with Gasteiger partial charge in [-0.25, -0.2) is 0 Å². The molecule has 1 heterocycles. The van der Waals surface area contributed by atoms with E-state index < -0.39 is 4.92 Å². The van der Waals surface area contributed by atoms with Crippen molar-refractivity contribution in [2.75, 3.05) is 5.73 Å². The summed E-state index contributed by atoms with van der Waals surface area (Å²) in [6.45, 7) is 0. The average Bonchev–Trinajstić information content (AvgIpc) is 2.66. The number of nitrogens with zero attached hydrogens (tertiary/aromatic N) is 1. The van der Waals surface area contributed by atoms with Crippen LogP contribution in [0.15, 0.2) is 29.6 Å². The number of benzene rings is 1. The molecule has 0 spiro atoms. The molecule has 1 aromatic heterocycles. The summed E-state index contributed by atoms with van der Waals surface area (Å²) in [6, 6.07) is 5.95. The molecule has 0 unspecified atom stereocenters. The summed E-state index contributed by atoms with van der Waals surface area (Å²) in [5, 5.41) is 22.0. The first-order valence-electron chi connectivity index (χ1n) is 4.40. The van der Waals surface area contributed by atoms with Crippen LogP contribution in [-0.2, 0) is 0 Å². The molecule has 2 aromatic rings. The van der Waals surface area contributed by atoms with Gasteiger partial charge in [0.05, 0.1) is 4.92 Å². The Morgan fingerprint density at radius 1 is 1.38 bits per heavy atom. The van der Waals surface area contributed by atoms with Crippen molar-refractivity contribution in [1.82, 2.24) is 0 Å². The fourth-order valence-corrected chi connectivity index (χ4v) is 2.28. The van der Waals surface area contributed by atoms with E-state index in [4.69, 9.17) is 5.73 Å². The highest BCUT2D eigenvalue weighted by Gasteiger charge is 2.19. The second-order valence-corrected chi connectivity index (χ2v) is 4.08. The minimum absolute atomic E-state index is 0.00919. The third kappa shape index (κ3) is 1.70. The molecule has 16 heavy (non-hydrogen) atoms. The van der Waals surface area contributed by atoms with Crippen molar-refractivity contribution in [3.63, 3.8) is 0 Å². The van der Waals surface area contributed by atoms with Gasteiger partial charge in [-0.05, 0) is 17.5 Å². The highest BCUT2D eigenvalue weighted by atomic mass is 32.1. The van der Waals surface area contributed by atoms with Crippen molar-refractivity contribution >= 4 is 22.7 Å². The van der Waals surface area contributed by atoms with Crippen molar-refractivity contribution in [2.45, 2.75) is 0 Å². The lowest BCUT2D eigenvalue weighted by Crippen LogP contribution is -1.89. The fraction of sp³-hybridized carbons (Fsp3) is 0. The second kappa shape index (κ2) is 3.82. The number of hydrogen-bond acceptors (Lipinski definition) is 5. The van der Waals surface area contributed by atoms with Gasteiger partial charge in [0.1, 0.15) is 10.6 Å².